The summed E-state index contributed by atoms with van der Waals surface area (Å²) in [5, 5.41) is 0. The van der Waals surface area contributed by atoms with Crippen LogP contribution in [0.15, 0.2) is 12.4 Å². The number of hydrogen-bond acceptors (Lipinski definition) is 1. The molecular weight excluding hydrogens is 136 g/mol. The van der Waals surface area contributed by atoms with Gasteiger partial charge in [0.15, 0.2) is 0 Å². The Kier molecular flexibility index (Phi) is 2.71. The van der Waals surface area contributed by atoms with Crippen molar-refractivity contribution in [2.45, 2.75) is 26.8 Å². The molecule has 1 heterocycles. The first kappa shape index (κ1) is 8.34. The predicted molar refractivity (Wildman–Crippen MR) is 47.2 cm³/mol. The standard InChI is InChI=1S/C9H16N2/c1-7(2)3-8-5-11-6-9(8)4-10/h5-7,11H,3-4,10H2,1-2H3. The summed E-state index contributed by atoms with van der Waals surface area (Å²) >= 11 is 0. The van der Waals surface area contributed by atoms with Gasteiger partial charge >= 0.3 is 0 Å². The second-order valence-electron chi connectivity index (χ2n) is 3.31. The highest BCUT2D eigenvalue weighted by atomic mass is 14.7. The molecule has 0 radical (unpaired) electrons. The second kappa shape index (κ2) is 3.58. The fourth-order valence-corrected chi connectivity index (χ4v) is 1.25. The first-order valence-corrected chi connectivity index (χ1v) is 4.08. The Morgan fingerprint density at radius 2 is 2.00 bits per heavy atom. The van der Waals surface area contributed by atoms with Crippen LogP contribution >= 0.6 is 0 Å². The monoisotopic (exact) mass is 152 g/mol. The Morgan fingerprint density at radius 3 is 2.55 bits per heavy atom. The summed E-state index contributed by atoms with van der Waals surface area (Å²) in [6.07, 6.45) is 5.15. The fraction of sp³-hybridized carbons (Fsp3) is 0.556. The summed E-state index contributed by atoms with van der Waals surface area (Å²) < 4.78 is 0. The lowest BCUT2D eigenvalue weighted by atomic mass is 10.0. The van der Waals surface area contributed by atoms with Crippen LogP contribution in [0, 0.1) is 5.92 Å². The van der Waals surface area contributed by atoms with E-state index >= 15 is 0 Å². The van der Waals surface area contributed by atoms with E-state index in [4.69, 9.17) is 5.73 Å². The molecule has 0 spiro atoms. The predicted octanol–water partition coefficient (Wildman–Crippen LogP) is 1.67. The van der Waals surface area contributed by atoms with E-state index < -0.39 is 0 Å². The molecule has 0 saturated heterocycles. The molecule has 2 nitrogen and oxygen atoms in total. The molecule has 0 atom stereocenters. The van der Waals surface area contributed by atoms with Crippen LogP contribution in [0.25, 0.3) is 0 Å². The molecule has 3 N–H and O–H groups in total. The van der Waals surface area contributed by atoms with Gasteiger partial charge < -0.3 is 10.7 Å². The van der Waals surface area contributed by atoms with Crippen molar-refractivity contribution >= 4 is 0 Å². The third-order valence-corrected chi connectivity index (χ3v) is 1.78. The van der Waals surface area contributed by atoms with Crippen molar-refractivity contribution in [2.75, 3.05) is 0 Å². The Labute approximate surface area is 67.8 Å². The normalized spacial score (nSPS) is 10.9. The summed E-state index contributed by atoms with van der Waals surface area (Å²) in [7, 11) is 0. The summed E-state index contributed by atoms with van der Waals surface area (Å²) in [5.74, 6) is 0.705. The number of hydrogen-bond donors (Lipinski definition) is 2. The molecule has 0 aromatic carbocycles. The van der Waals surface area contributed by atoms with Crippen molar-refractivity contribution in [3.63, 3.8) is 0 Å². The van der Waals surface area contributed by atoms with Gasteiger partial charge in [-0.1, -0.05) is 13.8 Å². The van der Waals surface area contributed by atoms with Gasteiger partial charge in [0.1, 0.15) is 0 Å². The Bertz CT molecular complexity index is 213. The quantitative estimate of drug-likeness (QED) is 0.679. The van der Waals surface area contributed by atoms with Crippen LogP contribution < -0.4 is 5.73 Å². The molecule has 0 aliphatic carbocycles. The van der Waals surface area contributed by atoms with E-state index in [0.29, 0.717) is 12.5 Å². The molecule has 0 aliphatic rings. The number of aromatic nitrogens is 1. The molecule has 1 rings (SSSR count). The Balaban J connectivity index is 2.68. The van der Waals surface area contributed by atoms with Crippen molar-refractivity contribution in [1.82, 2.24) is 4.98 Å². The smallest absolute Gasteiger partial charge is 0.0195 e. The van der Waals surface area contributed by atoms with Crippen molar-refractivity contribution < 1.29 is 0 Å². The molecule has 1 aromatic rings. The van der Waals surface area contributed by atoms with Gasteiger partial charge in [-0.25, -0.2) is 0 Å². The molecular formula is C9H16N2. The van der Waals surface area contributed by atoms with Crippen LogP contribution in [0.5, 0.6) is 0 Å². The van der Waals surface area contributed by atoms with Gasteiger partial charge in [0, 0.05) is 18.9 Å². The summed E-state index contributed by atoms with van der Waals surface area (Å²) in [6.45, 7) is 5.08. The van der Waals surface area contributed by atoms with Crippen LogP contribution in [0.1, 0.15) is 25.0 Å². The average molecular weight is 152 g/mol. The van der Waals surface area contributed by atoms with E-state index in [2.05, 4.69) is 18.8 Å². The van der Waals surface area contributed by atoms with E-state index in [1.165, 1.54) is 11.1 Å². The van der Waals surface area contributed by atoms with Crippen molar-refractivity contribution in [2.24, 2.45) is 11.7 Å². The van der Waals surface area contributed by atoms with E-state index in [1.54, 1.807) is 0 Å². The molecule has 1 aromatic heterocycles. The number of H-pyrrole nitrogens is 1. The zero-order valence-corrected chi connectivity index (χ0v) is 7.22. The molecule has 0 aliphatic heterocycles. The van der Waals surface area contributed by atoms with E-state index in [0.717, 1.165) is 6.42 Å². The highest BCUT2D eigenvalue weighted by molar-refractivity contribution is 5.23. The lowest BCUT2D eigenvalue weighted by Gasteiger charge is -2.03. The summed E-state index contributed by atoms with van der Waals surface area (Å²) in [6, 6.07) is 0. The van der Waals surface area contributed by atoms with E-state index in [9.17, 15) is 0 Å². The highest BCUT2D eigenvalue weighted by Crippen LogP contribution is 2.12. The van der Waals surface area contributed by atoms with Gasteiger partial charge in [-0.2, -0.15) is 0 Å². The Hall–Kier alpha value is -0.760. The largest absolute Gasteiger partial charge is 0.367 e. The molecule has 0 fully saturated rings. The van der Waals surface area contributed by atoms with E-state index in [-0.39, 0.29) is 0 Å². The lowest BCUT2D eigenvalue weighted by Crippen LogP contribution is -2.01. The third kappa shape index (κ3) is 2.09. The number of rotatable bonds is 3. The average Bonchev–Trinajstić information content (AvgIpc) is 2.34. The highest BCUT2D eigenvalue weighted by Gasteiger charge is 2.03. The van der Waals surface area contributed by atoms with Crippen LogP contribution in [0.2, 0.25) is 0 Å². The topological polar surface area (TPSA) is 41.8 Å². The zero-order chi connectivity index (χ0) is 8.27. The third-order valence-electron chi connectivity index (χ3n) is 1.78. The lowest BCUT2D eigenvalue weighted by molar-refractivity contribution is 0.644. The zero-order valence-electron chi connectivity index (χ0n) is 7.22. The maximum absolute atomic E-state index is 5.55. The first-order valence-electron chi connectivity index (χ1n) is 4.08. The molecule has 0 saturated carbocycles. The SMILES string of the molecule is CC(C)Cc1c[nH]cc1CN. The minimum absolute atomic E-state index is 0.644. The molecule has 11 heavy (non-hydrogen) atoms. The van der Waals surface area contributed by atoms with Gasteiger partial charge in [-0.05, 0) is 23.5 Å². The minimum Gasteiger partial charge on any atom is -0.367 e. The van der Waals surface area contributed by atoms with Gasteiger partial charge in [-0.3, -0.25) is 0 Å². The summed E-state index contributed by atoms with van der Waals surface area (Å²) in [4.78, 5) is 3.07. The van der Waals surface area contributed by atoms with Gasteiger partial charge in [0.2, 0.25) is 0 Å². The number of nitrogens with one attached hydrogen (secondary N) is 1. The van der Waals surface area contributed by atoms with Crippen LogP contribution in [-0.2, 0) is 13.0 Å². The second-order valence-corrected chi connectivity index (χ2v) is 3.31. The molecule has 2 heteroatoms. The first-order chi connectivity index (χ1) is 5.24. The van der Waals surface area contributed by atoms with Crippen molar-refractivity contribution in [1.29, 1.82) is 0 Å². The van der Waals surface area contributed by atoms with E-state index in [1.807, 2.05) is 12.4 Å². The van der Waals surface area contributed by atoms with Crippen molar-refractivity contribution in [3.05, 3.63) is 23.5 Å². The Morgan fingerprint density at radius 1 is 1.36 bits per heavy atom. The fourth-order valence-electron chi connectivity index (χ4n) is 1.25. The molecule has 62 valence electrons. The van der Waals surface area contributed by atoms with Crippen LogP contribution in [-0.4, -0.2) is 4.98 Å². The van der Waals surface area contributed by atoms with Crippen molar-refractivity contribution in [3.8, 4) is 0 Å². The maximum atomic E-state index is 5.55. The minimum atomic E-state index is 0.644. The maximum Gasteiger partial charge on any atom is 0.0195 e. The molecule has 0 amide bonds. The molecule has 0 unspecified atom stereocenters. The number of nitrogens with two attached hydrogens (primary N) is 1. The van der Waals surface area contributed by atoms with Gasteiger partial charge in [0.05, 0.1) is 0 Å². The summed E-state index contributed by atoms with van der Waals surface area (Å²) in [5.41, 5.74) is 8.16. The van der Waals surface area contributed by atoms with Gasteiger partial charge in [-0.15, -0.1) is 0 Å². The number of aromatic amines is 1. The molecule has 0 bridgehead atoms. The van der Waals surface area contributed by atoms with Crippen LogP contribution in [0.4, 0.5) is 0 Å². The van der Waals surface area contributed by atoms with Crippen LogP contribution in [0.3, 0.4) is 0 Å². The van der Waals surface area contributed by atoms with Gasteiger partial charge in [0.25, 0.3) is 0 Å².